The van der Waals surface area contributed by atoms with Gasteiger partial charge in [-0.2, -0.15) is 0 Å². The zero-order valence-electron chi connectivity index (χ0n) is 21.5. The molecule has 0 saturated carbocycles. The first-order valence-electron chi connectivity index (χ1n) is 12.7. The Morgan fingerprint density at radius 1 is 0.459 bits per heavy atom. The third-order valence-electron chi connectivity index (χ3n) is 7.20. The Kier molecular flexibility index (Phi) is 6.78. The molecule has 0 aliphatic carbocycles. The van der Waals surface area contributed by atoms with Gasteiger partial charge in [0.1, 0.15) is 23.4 Å². The summed E-state index contributed by atoms with van der Waals surface area (Å²) in [5.41, 5.74) is -0.961. The van der Waals surface area contributed by atoms with Crippen LogP contribution in [0.5, 0.6) is 0 Å². The minimum absolute atomic E-state index is 0.407. The molecule has 0 radical (unpaired) electrons. The summed E-state index contributed by atoms with van der Waals surface area (Å²) in [5.74, 6) is 0. The summed E-state index contributed by atoms with van der Waals surface area (Å²) in [7, 11) is 0. The van der Waals surface area contributed by atoms with Crippen LogP contribution in [0.3, 0.4) is 0 Å². The maximum Gasteiger partial charge on any atom is 0.163 e. The van der Waals surface area contributed by atoms with Crippen molar-refractivity contribution in [3.8, 4) is 0 Å². The van der Waals surface area contributed by atoms with Crippen LogP contribution in [0.25, 0.3) is 0 Å². The lowest BCUT2D eigenvalue weighted by molar-refractivity contribution is -0.157. The van der Waals surface area contributed by atoms with Gasteiger partial charge in [0, 0.05) is 5.41 Å². The van der Waals surface area contributed by atoms with Crippen LogP contribution in [0.1, 0.15) is 43.0 Å². The van der Waals surface area contributed by atoms with Crippen molar-refractivity contribution < 1.29 is 19.7 Å². The van der Waals surface area contributed by atoms with Gasteiger partial charge in [0.05, 0.1) is 0 Å². The Bertz CT molecular complexity index is 1110. The average molecular weight is 495 g/mol. The predicted octanol–water partition coefficient (Wildman–Crippen LogP) is 6.01. The number of rotatable bonds is 6. The Morgan fingerprint density at radius 3 is 0.919 bits per heavy atom. The second kappa shape index (κ2) is 9.88. The Balaban J connectivity index is 1.77. The van der Waals surface area contributed by atoms with Gasteiger partial charge in [0.25, 0.3) is 0 Å². The summed E-state index contributed by atoms with van der Waals surface area (Å²) in [5, 5.41) is 25.5. The van der Waals surface area contributed by atoms with Gasteiger partial charge in [-0.1, -0.05) is 142 Å². The molecule has 1 heterocycles. The van der Waals surface area contributed by atoms with Gasteiger partial charge >= 0.3 is 0 Å². The van der Waals surface area contributed by atoms with Gasteiger partial charge in [-0.3, -0.25) is 0 Å². The summed E-state index contributed by atoms with van der Waals surface area (Å²) < 4.78 is 13.3. The molecular weight excluding hydrogens is 460 g/mol. The van der Waals surface area contributed by atoms with Crippen molar-refractivity contribution in [2.24, 2.45) is 5.41 Å². The highest BCUT2D eigenvalue weighted by atomic mass is 16.7. The van der Waals surface area contributed by atoms with Crippen molar-refractivity contribution in [1.82, 2.24) is 0 Å². The van der Waals surface area contributed by atoms with Gasteiger partial charge < -0.3 is 19.7 Å². The van der Waals surface area contributed by atoms with Crippen molar-refractivity contribution in [2.75, 3.05) is 0 Å². The largest absolute Gasteiger partial charge is 0.378 e. The lowest BCUT2D eigenvalue weighted by atomic mass is 9.72. The molecule has 1 aliphatic rings. The number of benzene rings is 4. The molecule has 1 aliphatic heterocycles. The quantitative estimate of drug-likeness (QED) is 0.344. The second-order valence-electron chi connectivity index (χ2n) is 10.8. The molecule has 4 heteroatoms. The number of aliphatic hydroxyl groups is 2. The summed E-state index contributed by atoms with van der Waals surface area (Å²) in [6.45, 7) is 6.10. The third kappa shape index (κ3) is 4.51. The summed E-state index contributed by atoms with van der Waals surface area (Å²) >= 11 is 0. The fraction of sp³-hybridized carbons (Fsp3) is 0.273. The van der Waals surface area contributed by atoms with E-state index in [9.17, 15) is 10.2 Å². The predicted molar refractivity (Wildman–Crippen MR) is 145 cm³/mol. The molecule has 5 rings (SSSR count). The molecule has 4 nitrogen and oxygen atoms in total. The maximum absolute atomic E-state index is 12.7. The lowest BCUT2D eigenvalue weighted by Crippen LogP contribution is -2.54. The van der Waals surface area contributed by atoms with Crippen LogP contribution in [0.2, 0.25) is 0 Å². The minimum atomic E-state index is -1.61. The standard InChI is InChI=1S/C33H34O4/c1-31(2,3)30-36-28(32(34,24-16-8-4-9-17-24)25-18-10-5-11-19-25)29(37-30)33(35,26-20-12-6-13-21-26)27-22-14-7-15-23-27/h4-23,28-30,34-35H,1-3H3. The van der Waals surface area contributed by atoms with E-state index in [2.05, 4.69) is 0 Å². The van der Waals surface area contributed by atoms with Crippen LogP contribution < -0.4 is 0 Å². The average Bonchev–Trinajstić information content (AvgIpc) is 3.42. The number of ether oxygens (including phenoxy) is 2. The van der Waals surface area contributed by atoms with Crippen molar-refractivity contribution >= 4 is 0 Å². The molecule has 0 aromatic heterocycles. The lowest BCUT2D eigenvalue weighted by Gasteiger charge is -2.42. The summed E-state index contributed by atoms with van der Waals surface area (Å²) in [6, 6.07) is 38.0. The smallest absolute Gasteiger partial charge is 0.163 e. The van der Waals surface area contributed by atoms with E-state index in [1.165, 1.54) is 0 Å². The van der Waals surface area contributed by atoms with Crippen LogP contribution in [-0.4, -0.2) is 28.7 Å². The van der Waals surface area contributed by atoms with Crippen molar-refractivity contribution in [3.05, 3.63) is 144 Å². The van der Waals surface area contributed by atoms with E-state index in [1.54, 1.807) is 0 Å². The number of hydrogen-bond acceptors (Lipinski definition) is 4. The molecule has 0 bridgehead atoms. The fourth-order valence-corrected chi connectivity index (χ4v) is 5.24. The van der Waals surface area contributed by atoms with Gasteiger partial charge in [0.2, 0.25) is 0 Å². The molecule has 37 heavy (non-hydrogen) atoms. The Hall–Kier alpha value is -3.28. The van der Waals surface area contributed by atoms with Gasteiger partial charge in [-0.05, 0) is 22.3 Å². The maximum atomic E-state index is 12.7. The van der Waals surface area contributed by atoms with E-state index in [1.807, 2.05) is 142 Å². The molecule has 0 spiro atoms. The fourth-order valence-electron chi connectivity index (χ4n) is 5.24. The molecule has 1 saturated heterocycles. The van der Waals surface area contributed by atoms with Crippen molar-refractivity contribution in [3.63, 3.8) is 0 Å². The molecule has 190 valence electrons. The first kappa shape index (κ1) is 25.4. The molecule has 2 atom stereocenters. The van der Waals surface area contributed by atoms with E-state index in [0.717, 1.165) is 0 Å². The summed E-state index contributed by atoms with van der Waals surface area (Å²) in [6.07, 6.45) is -2.54. The monoisotopic (exact) mass is 494 g/mol. The molecule has 4 aromatic carbocycles. The second-order valence-corrected chi connectivity index (χ2v) is 10.8. The third-order valence-corrected chi connectivity index (χ3v) is 7.20. The van der Waals surface area contributed by atoms with E-state index in [-0.39, 0.29) is 0 Å². The first-order valence-corrected chi connectivity index (χ1v) is 12.7. The minimum Gasteiger partial charge on any atom is -0.378 e. The number of hydrogen-bond donors (Lipinski definition) is 2. The highest BCUT2D eigenvalue weighted by molar-refractivity contribution is 5.43. The molecule has 4 aromatic rings. The zero-order chi connectivity index (χ0) is 26.1. The van der Waals surface area contributed by atoms with Crippen molar-refractivity contribution in [2.45, 2.75) is 50.5 Å². The SMILES string of the molecule is CC(C)(C)C1OC(C(O)(c2ccccc2)c2ccccc2)C(C(O)(c2ccccc2)c2ccccc2)O1. The highest BCUT2D eigenvalue weighted by Crippen LogP contribution is 2.50. The molecule has 2 N–H and O–H groups in total. The molecule has 1 fully saturated rings. The first-order chi connectivity index (χ1) is 17.8. The Labute approximate surface area is 219 Å². The zero-order valence-corrected chi connectivity index (χ0v) is 21.5. The Morgan fingerprint density at radius 2 is 0.703 bits per heavy atom. The van der Waals surface area contributed by atoms with E-state index in [4.69, 9.17) is 9.47 Å². The van der Waals surface area contributed by atoms with Crippen LogP contribution in [0.15, 0.2) is 121 Å². The van der Waals surface area contributed by atoms with E-state index >= 15 is 0 Å². The van der Waals surface area contributed by atoms with Crippen LogP contribution in [0.4, 0.5) is 0 Å². The normalized spacial score (nSPS) is 20.6. The summed E-state index contributed by atoms with van der Waals surface area (Å²) in [4.78, 5) is 0. The van der Waals surface area contributed by atoms with Crippen LogP contribution in [-0.2, 0) is 20.7 Å². The van der Waals surface area contributed by atoms with E-state index in [0.29, 0.717) is 22.3 Å². The van der Waals surface area contributed by atoms with E-state index < -0.39 is 35.1 Å². The molecule has 2 unspecified atom stereocenters. The van der Waals surface area contributed by atoms with Crippen LogP contribution in [0, 0.1) is 5.41 Å². The molecule has 0 amide bonds. The van der Waals surface area contributed by atoms with Crippen LogP contribution >= 0.6 is 0 Å². The highest BCUT2D eigenvalue weighted by Gasteiger charge is 2.60. The van der Waals surface area contributed by atoms with Gasteiger partial charge in [0.15, 0.2) is 6.29 Å². The van der Waals surface area contributed by atoms with Gasteiger partial charge in [-0.15, -0.1) is 0 Å². The molecular formula is C33H34O4. The van der Waals surface area contributed by atoms with Gasteiger partial charge in [-0.25, -0.2) is 0 Å². The topological polar surface area (TPSA) is 58.9 Å². The van der Waals surface area contributed by atoms with Crippen molar-refractivity contribution in [1.29, 1.82) is 0 Å².